The number of amides is 3. The maximum atomic E-state index is 11.8. The fourth-order valence-corrected chi connectivity index (χ4v) is 2.05. The highest BCUT2D eigenvalue weighted by Gasteiger charge is 2.35. The lowest BCUT2D eigenvalue weighted by Crippen LogP contribution is -2.31. The smallest absolute Gasteiger partial charge is 0.251 e. The summed E-state index contributed by atoms with van der Waals surface area (Å²) in [5, 5.41) is 5.68. The van der Waals surface area contributed by atoms with Gasteiger partial charge >= 0.3 is 0 Å². The third-order valence-electron chi connectivity index (χ3n) is 3.28. The molecule has 1 aliphatic heterocycles. The minimum atomic E-state index is -0.539. The maximum Gasteiger partial charge on any atom is 0.251 e. The van der Waals surface area contributed by atoms with Crippen LogP contribution in [0.1, 0.15) is 16.8 Å². The highest BCUT2D eigenvalue weighted by molar-refractivity contribution is 6.06. The molecule has 1 aliphatic rings. The van der Waals surface area contributed by atoms with Crippen molar-refractivity contribution >= 4 is 23.4 Å². The quantitative estimate of drug-likeness (QED) is 0.619. The summed E-state index contributed by atoms with van der Waals surface area (Å²) in [6.07, 6.45) is 1.75. The largest absolute Gasteiger partial charge is 0.373 e. The molecule has 0 bridgehead atoms. The lowest BCUT2D eigenvalue weighted by atomic mass is 10.1. The number of likely N-dealkylation sites (tertiary alicyclic amines) is 1. The number of likely N-dealkylation sites (N-methyl/N-ethyl adjacent to an activating group) is 1. The molecule has 6 nitrogen and oxygen atoms in total. The molecule has 1 aromatic rings. The van der Waals surface area contributed by atoms with E-state index in [0.29, 0.717) is 17.8 Å². The maximum absolute atomic E-state index is 11.8. The molecule has 6 heteroatoms. The number of imide groups is 1. The first-order chi connectivity index (χ1) is 10.0. The van der Waals surface area contributed by atoms with Gasteiger partial charge in [0.2, 0.25) is 5.91 Å². The lowest BCUT2D eigenvalue weighted by Gasteiger charge is -2.12. The highest BCUT2D eigenvalue weighted by atomic mass is 16.2. The van der Waals surface area contributed by atoms with Crippen molar-refractivity contribution in [1.29, 1.82) is 0 Å². The molecule has 1 fully saturated rings. The molecular weight excluding hydrogens is 270 g/mol. The Balaban J connectivity index is 2.00. The Morgan fingerprint density at radius 1 is 1.38 bits per heavy atom. The van der Waals surface area contributed by atoms with Gasteiger partial charge in [-0.1, -0.05) is 6.08 Å². The van der Waals surface area contributed by atoms with Crippen molar-refractivity contribution in [2.24, 2.45) is 0 Å². The number of anilines is 1. The Morgan fingerprint density at radius 3 is 2.57 bits per heavy atom. The van der Waals surface area contributed by atoms with E-state index in [-0.39, 0.29) is 24.1 Å². The Hall–Kier alpha value is -2.63. The minimum absolute atomic E-state index is 0.150. The van der Waals surface area contributed by atoms with Crippen molar-refractivity contribution in [3.05, 3.63) is 42.5 Å². The van der Waals surface area contributed by atoms with E-state index in [1.165, 1.54) is 7.05 Å². The molecule has 2 rings (SSSR count). The number of nitrogens with zero attached hydrogens (tertiary/aromatic N) is 1. The topological polar surface area (TPSA) is 78.5 Å². The number of rotatable bonds is 5. The van der Waals surface area contributed by atoms with Crippen LogP contribution in [-0.4, -0.2) is 42.3 Å². The van der Waals surface area contributed by atoms with Crippen molar-refractivity contribution in [2.75, 3.05) is 18.9 Å². The SMILES string of the molecule is C=CCNC(=O)c1ccc(NC2CC(=O)N(C)C2=O)cc1. The van der Waals surface area contributed by atoms with Gasteiger partial charge in [0.1, 0.15) is 6.04 Å². The molecule has 21 heavy (non-hydrogen) atoms. The molecule has 1 unspecified atom stereocenters. The van der Waals surface area contributed by atoms with Gasteiger partial charge in [-0.05, 0) is 24.3 Å². The van der Waals surface area contributed by atoms with E-state index in [4.69, 9.17) is 0 Å². The number of nitrogens with one attached hydrogen (secondary N) is 2. The zero-order valence-electron chi connectivity index (χ0n) is 11.8. The number of hydrogen-bond acceptors (Lipinski definition) is 4. The van der Waals surface area contributed by atoms with Gasteiger partial charge in [-0.3, -0.25) is 19.3 Å². The summed E-state index contributed by atoms with van der Waals surface area (Å²) in [6.45, 7) is 3.94. The summed E-state index contributed by atoms with van der Waals surface area (Å²) in [5.41, 5.74) is 1.21. The fraction of sp³-hybridized carbons (Fsp3) is 0.267. The predicted molar refractivity (Wildman–Crippen MR) is 78.8 cm³/mol. The molecule has 0 aromatic heterocycles. The fourth-order valence-electron chi connectivity index (χ4n) is 2.05. The molecular formula is C15H17N3O3. The summed E-state index contributed by atoms with van der Waals surface area (Å²) in [7, 11) is 1.47. The van der Waals surface area contributed by atoms with Crippen LogP contribution in [0.3, 0.4) is 0 Å². The standard InChI is InChI=1S/C15H17N3O3/c1-3-8-16-14(20)10-4-6-11(7-5-10)17-12-9-13(19)18(2)15(12)21/h3-7,12,17H,1,8-9H2,2H3,(H,16,20). The van der Waals surface area contributed by atoms with Gasteiger partial charge in [0.05, 0.1) is 6.42 Å². The van der Waals surface area contributed by atoms with Crippen LogP contribution < -0.4 is 10.6 Å². The number of hydrogen-bond donors (Lipinski definition) is 2. The van der Waals surface area contributed by atoms with E-state index in [0.717, 1.165) is 4.90 Å². The number of carbonyl (C=O) groups excluding carboxylic acids is 3. The van der Waals surface area contributed by atoms with Gasteiger partial charge in [0.25, 0.3) is 11.8 Å². The molecule has 0 saturated carbocycles. The molecule has 1 saturated heterocycles. The summed E-state index contributed by atoms with van der Waals surface area (Å²) in [5.74, 6) is -0.626. The molecule has 0 aliphatic carbocycles. The van der Waals surface area contributed by atoms with Crippen LogP contribution in [0, 0.1) is 0 Å². The van der Waals surface area contributed by atoms with Crippen LogP contribution in [0.15, 0.2) is 36.9 Å². The van der Waals surface area contributed by atoms with Crippen molar-refractivity contribution < 1.29 is 14.4 Å². The second-order valence-corrected chi connectivity index (χ2v) is 4.77. The normalized spacial score (nSPS) is 17.8. The van der Waals surface area contributed by atoms with E-state index in [9.17, 15) is 14.4 Å². The molecule has 3 amide bonds. The summed E-state index contributed by atoms with van der Waals surface area (Å²) in [6, 6.07) is 6.19. The molecule has 0 radical (unpaired) electrons. The monoisotopic (exact) mass is 287 g/mol. The Morgan fingerprint density at radius 2 is 2.05 bits per heavy atom. The second kappa shape index (κ2) is 6.21. The molecule has 110 valence electrons. The van der Waals surface area contributed by atoms with E-state index in [1.54, 1.807) is 30.3 Å². The number of benzene rings is 1. The average molecular weight is 287 g/mol. The Kier molecular flexibility index (Phi) is 4.37. The lowest BCUT2D eigenvalue weighted by molar-refractivity contribution is -0.136. The van der Waals surface area contributed by atoms with Gasteiger partial charge in [-0.25, -0.2) is 0 Å². The van der Waals surface area contributed by atoms with E-state index in [1.807, 2.05) is 0 Å². The van der Waals surface area contributed by atoms with Crippen LogP contribution >= 0.6 is 0 Å². The van der Waals surface area contributed by atoms with Crippen LogP contribution in [0.5, 0.6) is 0 Å². The summed E-state index contributed by atoms with van der Waals surface area (Å²) < 4.78 is 0. The number of carbonyl (C=O) groups is 3. The van der Waals surface area contributed by atoms with Gasteiger partial charge in [-0.15, -0.1) is 6.58 Å². The van der Waals surface area contributed by atoms with E-state index >= 15 is 0 Å². The molecule has 2 N–H and O–H groups in total. The van der Waals surface area contributed by atoms with Crippen molar-refractivity contribution in [3.8, 4) is 0 Å². The van der Waals surface area contributed by atoms with Gasteiger partial charge in [0, 0.05) is 24.8 Å². The summed E-state index contributed by atoms with van der Waals surface area (Å²) >= 11 is 0. The van der Waals surface area contributed by atoms with Crippen LogP contribution in [0.2, 0.25) is 0 Å². The second-order valence-electron chi connectivity index (χ2n) is 4.77. The van der Waals surface area contributed by atoms with Gasteiger partial charge in [0.15, 0.2) is 0 Å². The van der Waals surface area contributed by atoms with Crippen molar-refractivity contribution in [2.45, 2.75) is 12.5 Å². The molecule has 0 spiro atoms. The molecule has 1 aromatic carbocycles. The first kappa shape index (κ1) is 14.8. The zero-order valence-corrected chi connectivity index (χ0v) is 11.8. The van der Waals surface area contributed by atoms with Gasteiger partial charge < -0.3 is 10.6 Å². The van der Waals surface area contributed by atoms with Gasteiger partial charge in [-0.2, -0.15) is 0 Å². The van der Waals surface area contributed by atoms with Crippen molar-refractivity contribution in [3.63, 3.8) is 0 Å². The first-order valence-electron chi connectivity index (χ1n) is 6.59. The van der Waals surface area contributed by atoms with Crippen molar-refractivity contribution in [1.82, 2.24) is 10.2 Å². The minimum Gasteiger partial charge on any atom is -0.373 e. The molecule has 1 atom stereocenters. The van der Waals surface area contributed by atoms with Crippen LogP contribution in [-0.2, 0) is 9.59 Å². The van der Waals surface area contributed by atoms with Crippen LogP contribution in [0.4, 0.5) is 5.69 Å². The first-order valence-corrected chi connectivity index (χ1v) is 6.59. The average Bonchev–Trinajstić information content (AvgIpc) is 2.73. The van der Waals surface area contributed by atoms with E-state index < -0.39 is 6.04 Å². The van der Waals surface area contributed by atoms with Crippen LogP contribution in [0.25, 0.3) is 0 Å². The third-order valence-corrected chi connectivity index (χ3v) is 3.28. The molecule has 1 heterocycles. The highest BCUT2D eigenvalue weighted by Crippen LogP contribution is 2.17. The zero-order chi connectivity index (χ0) is 15.4. The van der Waals surface area contributed by atoms with E-state index in [2.05, 4.69) is 17.2 Å². The summed E-state index contributed by atoms with van der Waals surface area (Å²) in [4.78, 5) is 36.0. The Bertz CT molecular complexity index is 580. The Labute approximate surface area is 122 Å². The predicted octanol–water partition coefficient (Wildman–Crippen LogP) is 0.772. The third kappa shape index (κ3) is 3.28.